The first-order valence-electron chi connectivity index (χ1n) is 7.79. The summed E-state index contributed by atoms with van der Waals surface area (Å²) < 4.78 is 0. The van der Waals surface area contributed by atoms with Crippen molar-refractivity contribution in [2.75, 3.05) is 0 Å². The van der Waals surface area contributed by atoms with Gasteiger partial charge in [-0.25, -0.2) is 0 Å². The van der Waals surface area contributed by atoms with Crippen molar-refractivity contribution in [3.63, 3.8) is 0 Å². The second-order valence-corrected chi connectivity index (χ2v) is 6.20. The van der Waals surface area contributed by atoms with Gasteiger partial charge in [-0.15, -0.1) is 0 Å². The molecule has 0 fully saturated rings. The Morgan fingerprint density at radius 2 is 1.70 bits per heavy atom. The van der Waals surface area contributed by atoms with Crippen molar-refractivity contribution in [2.24, 2.45) is 17.8 Å². The average Bonchev–Trinajstić information content (AvgIpc) is 2.44. The Kier molecular flexibility index (Phi) is 7.39. The van der Waals surface area contributed by atoms with Crippen LogP contribution >= 0.6 is 0 Å². The third-order valence-corrected chi connectivity index (χ3v) is 3.57. The van der Waals surface area contributed by atoms with Gasteiger partial charge in [0.05, 0.1) is 0 Å². The summed E-state index contributed by atoms with van der Waals surface area (Å²) >= 11 is 0. The molecule has 124 valence electrons. The number of carbonyl (C=O) groups is 3. The first-order valence-corrected chi connectivity index (χ1v) is 7.79. The summed E-state index contributed by atoms with van der Waals surface area (Å²) in [7, 11) is 0. The molecule has 0 spiro atoms. The van der Waals surface area contributed by atoms with E-state index in [1.54, 1.807) is 12.2 Å². The number of Topliss-reactive ketones (excluding diaryl/α,β-unsaturated/α-hetero) is 2. The van der Waals surface area contributed by atoms with Crippen molar-refractivity contribution in [2.45, 2.75) is 33.6 Å². The Hall–Kier alpha value is -2.23. The normalized spacial score (nSPS) is 13.9. The molecule has 2 atom stereocenters. The van der Waals surface area contributed by atoms with Crippen molar-refractivity contribution < 1.29 is 19.5 Å². The highest BCUT2D eigenvalue weighted by Crippen LogP contribution is 2.23. The molecular formula is C19H24O4. The highest BCUT2D eigenvalue weighted by molar-refractivity contribution is 5.98. The molecular weight excluding hydrogens is 292 g/mol. The molecule has 0 bridgehead atoms. The zero-order chi connectivity index (χ0) is 17.4. The van der Waals surface area contributed by atoms with Gasteiger partial charge in [0.15, 0.2) is 0 Å². The molecule has 1 aromatic rings. The lowest BCUT2D eigenvalue weighted by Crippen LogP contribution is -2.30. The fourth-order valence-corrected chi connectivity index (χ4v) is 2.56. The van der Waals surface area contributed by atoms with Crippen LogP contribution in [0.4, 0.5) is 0 Å². The van der Waals surface area contributed by atoms with E-state index >= 15 is 0 Å². The number of ketones is 2. The van der Waals surface area contributed by atoms with E-state index in [1.165, 1.54) is 6.92 Å². The highest BCUT2D eigenvalue weighted by Gasteiger charge is 2.32. The van der Waals surface area contributed by atoms with Crippen LogP contribution in [0.1, 0.15) is 39.2 Å². The summed E-state index contributed by atoms with van der Waals surface area (Å²) in [6, 6.07) is 9.40. The lowest BCUT2D eigenvalue weighted by Gasteiger charge is -2.18. The van der Waals surface area contributed by atoms with Gasteiger partial charge in [-0.3, -0.25) is 14.4 Å². The Morgan fingerprint density at radius 1 is 1.09 bits per heavy atom. The summed E-state index contributed by atoms with van der Waals surface area (Å²) in [4.78, 5) is 35.2. The van der Waals surface area contributed by atoms with Crippen LogP contribution in [0.3, 0.4) is 0 Å². The summed E-state index contributed by atoms with van der Waals surface area (Å²) in [5.41, 5.74) is 0.904. The lowest BCUT2D eigenvalue weighted by molar-refractivity contribution is -0.147. The van der Waals surface area contributed by atoms with Crippen molar-refractivity contribution in [3.8, 4) is 0 Å². The molecule has 0 aliphatic heterocycles. The molecule has 0 amide bonds. The van der Waals surface area contributed by atoms with Gasteiger partial charge in [0.1, 0.15) is 17.5 Å². The number of benzene rings is 1. The van der Waals surface area contributed by atoms with Gasteiger partial charge in [-0.1, -0.05) is 56.3 Å². The predicted octanol–water partition coefficient (Wildman–Crippen LogP) is 3.61. The number of rotatable bonds is 9. The minimum Gasteiger partial charge on any atom is -0.481 e. The molecule has 0 radical (unpaired) electrons. The maximum atomic E-state index is 12.1. The number of aliphatic carboxylic acids is 1. The molecule has 1 rings (SSSR count). The summed E-state index contributed by atoms with van der Waals surface area (Å²) in [5, 5.41) is 9.34. The first-order chi connectivity index (χ1) is 10.8. The largest absolute Gasteiger partial charge is 0.481 e. The van der Waals surface area contributed by atoms with Gasteiger partial charge in [-0.05, 0) is 18.4 Å². The number of carbonyl (C=O) groups excluding carboxylic acids is 2. The van der Waals surface area contributed by atoms with E-state index in [9.17, 15) is 19.5 Å². The maximum absolute atomic E-state index is 12.1. The van der Waals surface area contributed by atoms with Gasteiger partial charge >= 0.3 is 5.97 Å². The van der Waals surface area contributed by atoms with E-state index in [2.05, 4.69) is 0 Å². The number of hydrogen-bond donors (Lipinski definition) is 1. The van der Waals surface area contributed by atoms with Crippen LogP contribution in [0.25, 0.3) is 6.08 Å². The third kappa shape index (κ3) is 6.59. The molecule has 0 aromatic heterocycles. The van der Waals surface area contributed by atoms with Crippen LogP contribution < -0.4 is 0 Å². The van der Waals surface area contributed by atoms with E-state index in [1.807, 2.05) is 44.2 Å². The van der Waals surface area contributed by atoms with E-state index in [0.29, 0.717) is 6.42 Å². The van der Waals surface area contributed by atoms with Gasteiger partial charge in [-0.2, -0.15) is 0 Å². The minimum atomic E-state index is -1.19. The monoisotopic (exact) mass is 316 g/mol. The zero-order valence-electron chi connectivity index (χ0n) is 13.9. The standard InChI is InChI=1S/C19H24O4/c1-13(2)11-17(21)12-16(18(14(3)20)19(22)23)10-9-15-7-5-4-6-8-15/h4-10,13,16,18H,11-12H2,1-3H3,(H,22,23)/b10-9+. The van der Waals surface area contributed by atoms with Crippen LogP contribution in [0, 0.1) is 17.8 Å². The van der Waals surface area contributed by atoms with Crippen molar-refractivity contribution in [1.29, 1.82) is 0 Å². The van der Waals surface area contributed by atoms with Crippen molar-refractivity contribution in [1.82, 2.24) is 0 Å². The second kappa shape index (κ2) is 9.03. The molecule has 1 N–H and O–H groups in total. The van der Waals surface area contributed by atoms with E-state index < -0.39 is 23.6 Å². The van der Waals surface area contributed by atoms with E-state index in [-0.39, 0.29) is 18.1 Å². The Balaban J connectivity index is 3.00. The van der Waals surface area contributed by atoms with Gasteiger partial charge in [0, 0.05) is 18.8 Å². The first kappa shape index (κ1) is 18.8. The second-order valence-electron chi connectivity index (χ2n) is 6.20. The number of carboxylic acid groups (broad SMARTS) is 1. The van der Waals surface area contributed by atoms with E-state index in [4.69, 9.17) is 0 Å². The molecule has 0 aliphatic rings. The van der Waals surface area contributed by atoms with E-state index in [0.717, 1.165) is 5.56 Å². The Morgan fingerprint density at radius 3 is 2.17 bits per heavy atom. The van der Waals surface area contributed by atoms with Crippen LogP contribution in [-0.2, 0) is 14.4 Å². The SMILES string of the molecule is CC(=O)C(C(=O)O)C(/C=C/c1ccccc1)CC(=O)CC(C)C. The number of carboxylic acids is 1. The maximum Gasteiger partial charge on any atom is 0.314 e. The topological polar surface area (TPSA) is 71.4 Å². The molecule has 0 saturated carbocycles. The van der Waals surface area contributed by atoms with Crippen molar-refractivity contribution >= 4 is 23.6 Å². The molecule has 2 unspecified atom stereocenters. The molecule has 0 heterocycles. The molecule has 0 aliphatic carbocycles. The molecule has 23 heavy (non-hydrogen) atoms. The quantitative estimate of drug-likeness (QED) is 0.706. The van der Waals surface area contributed by atoms with Gasteiger partial charge in [0.25, 0.3) is 0 Å². The van der Waals surface area contributed by atoms with Crippen LogP contribution in [0.2, 0.25) is 0 Å². The summed E-state index contributed by atoms with van der Waals surface area (Å²) in [6.07, 6.45) is 3.90. The fraction of sp³-hybridized carbons (Fsp3) is 0.421. The molecule has 1 aromatic carbocycles. The average molecular weight is 316 g/mol. The zero-order valence-corrected chi connectivity index (χ0v) is 13.9. The Bertz CT molecular complexity index is 558. The smallest absolute Gasteiger partial charge is 0.314 e. The highest BCUT2D eigenvalue weighted by atomic mass is 16.4. The number of allylic oxidation sites excluding steroid dienone is 1. The van der Waals surface area contributed by atoms with Crippen LogP contribution in [0.5, 0.6) is 0 Å². The lowest BCUT2D eigenvalue weighted by atomic mass is 9.83. The fourth-order valence-electron chi connectivity index (χ4n) is 2.56. The minimum absolute atomic E-state index is 0.0183. The third-order valence-electron chi connectivity index (χ3n) is 3.57. The molecule has 4 heteroatoms. The summed E-state index contributed by atoms with van der Waals surface area (Å²) in [5.74, 6) is -3.24. The van der Waals surface area contributed by atoms with Gasteiger partial charge < -0.3 is 5.11 Å². The summed E-state index contributed by atoms with van der Waals surface area (Å²) in [6.45, 7) is 5.13. The van der Waals surface area contributed by atoms with Crippen molar-refractivity contribution in [3.05, 3.63) is 42.0 Å². The van der Waals surface area contributed by atoms with Crippen LogP contribution in [0.15, 0.2) is 36.4 Å². The van der Waals surface area contributed by atoms with Crippen LogP contribution in [-0.4, -0.2) is 22.6 Å². The predicted molar refractivity (Wildman–Crippen MR) is 89.9 cm³/mol. The number of hydrogen-bond acceptors (Lipinski definition) is 3. The molecule has 4 nitrogen and oxygen atoms in total. The molecule has 0 saturated heterocycles. The Labute approximate surface area is 137 Å². The van der Waals surface area contributed by atoms with Gasteiger partial charge in [0.2, 0.25) is 0 Å².